The number of aliphatic imine (C=N–C) groups is 1. The van der Waals surface area contributed by atoms with Crippen molar-refractivity contribution < 1.29 is 4.79 Å². The maximum atomic E-state index is 13.3. The number of carbonyl (C=O) groups is 1. The Morgan fingerprint density at radius 2 is 1.73 bits per heavy atom. The molecule has 26 heavy (non-hydrogen) atoms. The number of nitrogens with zero attached hydrogens (tertiary/aromatic N) is 4. The van der Waals surface area contributed by atoms with Gasteiger partial charge in [-0.05, 0) is 29.3 Å². The predicted molar refractivity (Wildman–Crippen MR) is 98.7 cm³/mol. The van der Waals surface area contributed by atoms with E-state index in [-0.39, 0.29) is 5.91 Å². The van der Waals surface area contributed by atoms with Crippen LogP contribution in [0.3, 0.4) is 0 Å². The molecule has 0 spiro atoms. The van der Waals surface area contributed by atoms with Crippen molar-refractivity contribution in [2.45, 2.75) is 13.1 Å². The molecule has 0 aliphatic carbocycles. The number of aromatic nitrogens is 1. The van der Waals surface area contributed by atoms with Gasteiger partial charge in [0.25, 0.3) is 5.91 Å². The minimum atomic E-state index is -0.0454. The molecule has 2 aliphatic heterocycles. The smallest absolute Gasteiger partial charge is 0.267 e. The van der Waals surface area contributed by atoms with Gasteiger partial charge >= 0.3 is 0 Å². The molecular weight excluding hydrogens is 324 g/mol. The Morgan fingerprint density at radius 1 is 0.923 bits per heavy atom. The number of amidine groups is 1. The lowest BCUT2D eigenvalue weighted by Crippen LogP contribution is -2.45. The van der Waals surface area contributed by atoms with Crippen molar-refractivity contribution in [3.63, 3.8) is 0 Å². The minimum absolute atomic E-state index is 0.0454. The summed E-state index contributed by atoms with van der Waals surface area (Å²) in [5.41, 5.74) is 4.57. The van der Waals surface area contributed by atoms with Crippen LogP contribution in [0.5, 0.6) is 0 Å². The third-order valence-electron chi connectivity index (χ3n) is 4.76. The third-order valence-corrected chi connectivity index (χ3v) is 4.76. The lowest BCUT2D eigenvalue weighted by atomic mass is 10.1. The maximum absolute atomic E-state index is 13.3. The van der Waals surface area contributed by atoms with Gasteiger partial charge in [-0.1, -0.05) is 42.5 Å². The Balaban J connectivity index is 1.67. The topological polar surface area (TPSA) is 48.8 Å². The van der Waals surface area contributed by atoms with E-state index >= 15 is 0 Å². The molecule has 0 atom stereocenters. The molecule has 1 aromatic heterocycles. The van der Waals surface area contributed by atoms with Gasteiger partial charge in [0.05, 0.1) is 24.3 Å². The number of benzene rings is 2. The first kappa shape index (κ1) is 14.8. The number of hydrogen-bond acceptors (Lipinski definition) is 4. The number of para-hydroxylation sites is 1. The molecule has 5 heteroatoms. The Kier molecular flexibility index (Phi) is 3.31. The summed E-state index contributed by atoms with van der Waals surface area (Å²) in [6.45, 7) is 1.09. The van der Waals surface area contributed by atoms with Gasteiger partial charge in [-0.3, -0.25) is 14.8 Å². The van der Waals surface area contributed by atoms with Crippen LogP contribution in [0.2, 0.25) is 0 Å². The van der Waals surface area contributed by atoms with Crippen LogP contribution in [0.4, 0.5) is 5.69 Å². The molecule has 0 N–H and O–H groups in total. The maximum Gasteiger partial charge on any atom is 0.274 e. The monoisotopic (exact) mass is 340 g/mol. The van der Waals surface area contributed by atoms with Gasteiger partial charge in [-0.15, -0.1) is 0 Å². The molecular formula is C21H16N4O. The number of pyridine rings is 1. The molecule has 0 unspecified atom stereocenters. The molecule has 126 valence electrons. The van der Waals surface area contributed by atoms with Crippen LogP contribution in [0.15, 0.2) is 78.0 Å². The molecule has 0 radical (unpaired) electrons. The quantitative estimate of drug-likeness (QED) is 0.717. The fraction of sp³-hybridized carbons (Fsp3) is 0.0952. The van der Waals surface area contributed by atoms with Crippen LogP contribution in [0, 0.1) is 0 Å². The molecule has 2 aromatic carbocycles. The van der Waals surface area contributed by atoms with E-state index in [1.807, 2.05) is 53.5 Å². The molecule has 2 aliphatic rings. The first-order chi connectivity index (χ1) is 12.8. The lowest BCUT2D eigenvalue weighted by molar-refractivity contribution is 0.0250. The zero-order valence-electron chi connectivity index (χ0n) is 14.0. The van der Waals surface area contributed by atoms with Gasteiger partial charge in [0.2, 0.25) is 0 Å². The van der Waals surface area contributed by atoms with Gasteiger partial charge in [0.1, 0.15) is 0 Å². The van der Waals surface area contributed by atoms with Crippen LogP contribution in [0.1, 0.15) is 27.0 Å². The van der Waals surface area contributed by atoms with Crippen molar-refractivity contribution in [2.24, 2.45) is 4.99 Å². The number of carbonyl (C=O) groups excluding carboxylic acids is 1. The predicted octanol–water partition coefficient (Wildman–Crippen LogP) is 3.55. The highest BCUT2D eigenvalue weighted by Gasteiger charge is 2.36. The van der Waals surface area contributed by atoms with E-state index in [2.05, 4.69) is 17.1 Å². The van der Waals surface area contributed by atoms with Crippen LogP contribution in [-0.2, 0) is 13.1 Å². The summed E-state index contributed by atoms with van der Waals surface area (Å²) in [5.74, 6) is 0.777. The van der Waals surface area contributed by atoms with Gasteiger partial charge in [-0.25, -0.2) is 10.0 Å². The highest BCUT2D eigenvalue weighted by Crippen LogP contribution is 2.33. The first-order valence-electron chi connectivity index (χ1n) is 8.55. The second kappa shape index (κ2) is 5.81. The van der Waals surface area contributed by atoms with E-state index in [0.29, 0.717) is 24.3 Å². The van der Waals surface area contributed by atoms with E-state index in [1.54, 1.807) is 17.4 Å². The average molecular weight is 340 g/mol. The van der Waals surface area contributed by atoms with Crippen molar-refractivity contribution in [3.8, 4) is 0 Å². The summed E-state index contributed by atoms with van der Waals surface area (Å²) in [6.07, 6.45) is 3.53. The molecule has 0 saturated carbocycles. The molecule has 0 saturated heterocycles. The van der Waals surface area contributed by atoms with E-state index < -0.39 is 0 Å². The zero-order chi connectivity index (χ0) is 17.5. The van der Waals surface area contributed by atoms with Crippen LogP contribution >= 0.6 is 0 Å². The highest BCUT2D eigenvalue weighted by atomic mass is 16.2. The molecule has 5 nitrogen and oxygen atoms in total. The second-order valence-electron chi connectivity index (χ2n) is 6.39. The lowest BCUT2D eigenvalue weighted by Gasteiger charge is -2.32. The summed E-state index contributed by atoms with van der Waals surface area (Å²) in [7, 11) is 0. The van der Waals surface area contributed by atoms with Gasteiger partial charge in [0, 0.05) is 18.0 Å². The van der Waals surface area contributed by atoms with Crippen molar-refractivity contribution in [2.75, 3.05) is 0 Å². The van der Waals surface area contributed by atoms with E-state index in [9.17, 15) is 4.79 Å². The molecule has 3 heterocycles. The number of hydrazine groups is 1. The fourth-order valence-corrected chi connectivity index (χ4v) is 3.51. The zero-order valence-corrected chi connectivity index (χ0v) is 14.0. The van der Waals surface area contributed by atoms with Crippen molar-refractivity contribution in [3.05, 3.63) is 95.3 Å². The van der Waals surface area contributed by atoms with Gasteiger partial charge < -0.3 is 0 Å². The van der Waals surface area contributed by atoms with Crippen LogP contribution in [0.25, 0.3) is 0 Å². The summed E-state index contributed by atoms with van der Waals surface area (Å²) in [5, 5.41) is 3.77. The van der Waals surface area contributed by atoms with Crippen LogP contribution in [-0.4, -0.2) is 26.7 Å². The minimum Gasteiger partial charge on any atom is -0.267 e. The van der Waals surface area contributed by atoms with E-state index in [1.165, 1.54) is 5.56 Å². The second-order valence-corrected chi connectivity index (χ2v) is 6.39. The molecule has 3 aromatic rings. The number of hydrogen-bond donors (Lipinski definition) is 0. The third kappa shape index (κ3) is 2.29. The molecule has 0 bridgehead atoms. The molecule has 5 rings (SSSR count). The SMILES string of the molecule is O=C1c2ccccc2N=C2c3ccccc3CN2N1Cc1cccnc1. The van der Waals surface area contributed by atoms with Crippen LogP contribution < -0.4 is 0 Å². The Labute approximate surface area is 151 Å². The summed E-state index contributed by atoms with van der Waals surface area (Å²) in [4.78, 5) is 22.4. The Hall–Kier alpha value is -3.47. The van der Waals surface area contributed by atoms with E-state index in [0.717, 1.165) is 17.0 Å². The summed E-state index contributed by atoms with van der Waals surface area (Å²) in [6, 6.07) is 19.6. The summed E-state index contributed by atoms with van der Waals surface area (Å²) >= 11 is 0. The average Bonchev–Trinajstić information content (AvgIpc) is 3.00. The highest BCUT2D eigenvalue weighted by molar-refractivity contribution is 6.09. The van der Waals surface area contributed by atoms with Crippen molar-refractivity contribution in [1.29, 1.82) is 0 Å². The number of fused-ring (bicyclic) bond motifs is 4. The van der Waals surface area contributed by atoms with Gasteiger partial charge in [-0.2, -0.15) is 0 Å². The molecule has 0 fully saturated rings. The van der Waals surface area contributed by atoms with Crippen molar-refractivity contribution in [1.82, 2.24) is 15.0 Å². The molecule has 1 amide bonds. The van der Waals surface area contributed by atoms with Crippen molar-refractivity contribution >= 4 is 17.4 Å². The number of amides is 1. The normalized spacial score (nSPS) is 15.1. The number of rotatable bonds is 2. The Morgan fingerprint density at radius 3 is 2.58 bits per heavy atom. The standard InChI is InChI=1S/C21H16N4O/c26-21-18-9-3-4-10-19(18)23-20-17-8-2-1-7-16(17)14-24(20)25(21)13-15-6-5-11-22-12-15/h1-12H,13-14H2. The summed E-state index contributed by atoms with van der Waals surface area (Å²) < 4.78 is 0. The largest absolute Gasteiger partial charge is 0.274 e. The Bertz CT molecular complexity index is 1030. The van der Waals surface area contributed by atoms with E-state index in [4.69, 9.17) is 4.99 Å². The first-order valence-corrected chi connectivity index (χ1v) is 8.55. The van der Waals surface area contributed by atoms with Gasteiger partial charge in [0.15, 0.2) is 5.84 Å². The fourth-order valence-electron chi connectivity index (χ4n) is 3.51.